The Bertz CT molecular complexity index is 498. The fourth-order valence-electron chi connectivity index (χ4n) is 2.31. The van der Waals surface area contributed by atoms with Gasteiger partial charge in [0.05, 0.1) is 5.60 Å². The highest BCUT2D eigenvalue weighted by atomic mass is 16.4. The number of aryl methyl sites for hydroxylation is 1. The average Bonchev–Trinajstić information content (AvgIpc) is 2.38. The predicted molar refractivity (Wildman–Crippen MR) is 84.6 cm³/mol. The summed E-state index contributed by atoms with van der Waals surface area (Å²) in [5.74, 6) is 0.103. The molecule has 1 unspecified atom stereocenters. The van der Waals surface area contributed by atoms with Gasteiger partial charge < -0.3 is 26.3 Å². The Morgan fingerprint density at radius 2 is 2.10 bits per heavy atom. The SMILES string of the molecule is Cc1cc(/C(N)=N/O)ccc1CNCC(C)(O)CN(C)C. The van der Waals surface area contributed by atoms with Gasteiger partial charge in [0, 0.05) is 25.2 Å². The van der Waals surface area contributed by atoms with Crippen LogP contribution in [0.1, 0.15) is 23.6 Å². The molecule has 0 bridgehead atoms. The number of amidine groups is 1. The van der Waals surface area contributed by atoms with Crippen LogP contribution in [0.25, 0.3) is 0 Å². The second kappa shape index (κ2) is 7.40. The van der Waals surface area contributed by atoms with Gasteiger partial charge in [0.1, 0.15) is 0 Å². The lowest BCUT2D eigenvalue weighted by Gasteiger charge is -2.27. The van der Waals surface area contributed by atoms with Crippen LogP contribution in [0.2, 0.25) is 0 Å². The van der Waals surface area contributed by atoms with Crippen molar-refractivity contribution >= 4 is 5.84 Å². The predicted octanol–water partition coefficient (Wildman–Crippen LogP) is 0.492. The molecule has 118 valence electrons. The van der Waals surface area contributed by atoms with Gasteiger partial charge in [-0.25, -0.2) is 0 Å². The van der Waals surface area contributed by atoms with E-state index >= 15 is 0 Å². The number of nitrogens with zero attached hydrogens (tertiary/aromatic N) is 2. The summed E-state index contributed by atoms with van der Waals surface area (Å²) in [5.41, 5.74) is 7.65. The van der Waals surface area contributed by atoms with Crippen molar-refractivity contribution in [1.82, 2.24) is 10.2 Å². The summed E-state index contributed by atoms with van der Waals surface area (Å²) in [7, 11) is 3.87. The van der Waals surface area contributed by atoms with Crippen LogP contribution in [0.15, 0.2) is 23.4 Å². The van der Waals surface area contributed by atoms with E-state index in [1.54, 1.807) is 0 Å². The maximum absolute atomic E-state index is 10.2. The Morgan fingerprint density at radius 3 is 2.62 bits per heavy atom. The molecule has 1 atom stereocenters. The number of likely N-dealkylation sites (N-methyl/N-ethyl adjacent to an activating group) is 1. The molecule has 0 saturated carbocycles. The normalized spacial score (nSPS) is 15.2. The number of benzene rings is 1. The average molecular weight is 294 g/mol. The Labute approximate surface area is 126 Å². The number of hydrogen-bond donors (Lipinski definition) is 4. The standard InChI is InChI=1S/C15H26N4O2/c1-11-7-12(14(16)18-21)5-6-13(11)8-17-9-15(2,20)10-19(3)4/h5-7,17,20-21H,8-10H2,1-4H3,(H2,16,18). The van der Waals surface area contributed by atoms with Gasteiger partial charge in [-0.15, -0.1) is 0 Å². The van der Waals surface area contributed by atoms with Crippen LogP contribution in [-0.4, -0.2) is 53.8 Å². The van der Waals surface area contributed by atoms with E-state index in [2.05, 4.69) is 10.5 Å². The molecular weight excluding hydrogens is 268 g/mol. The van der Waals surface area contributed by atoms with Gasteiger partial charge in [0.15, 0.2) is 5.84 Å². The number of nitrogens with one attached hydrogen (secondary N) is 1. The molecule has 0 aliphatic heterocycles. The van der Waals surface area contributed by atoms with Crippen LogP contribution in [-0.2, 0) is 6.54 Å². The van der Waals surface area contributed by atoms with Crippen LogP contribution in [0.5, 0.6) is 0 Å². The summed E-state index contributed by atoms with van der Waals surface area (Å²) in [6.45, 7) is 5.55. The fourth-order valence-corrected chi connectivity index (χ4v) is 2.31. The summed E-state index contributed by atoms with van der Waals surface area (Å²) in [5, 5.41) is 25.1. The van der Waals surface area contributed by atoms with Crippen molar-refractivity contribution in [2.24, 2.45) is 10.9 Å². The molecule has 0 heterocycles. The van der Waals surface area contributed by atoms with E-state index in [1.807, 2.05) is 51.0 Å². The van der Waals surface area contributed by atoms with Crippen molar-refractivity contribution in [1.29, 1.82) is 0 Å². The largest absolute Gasteiger partial charge is 0.409 e. The second-order valence-corrected chi connectivity index (χ2v) is 5.96. The molecule has 6 heteroatoms. The smallest absolute Gasteiger partial charge is 0.170 e. The lowest BCUT2D eigenvalue weighted by molar-refractivity contribution is 0.0336. The number of nitrogens with two attached hydrogens (primary N) is 1. The molecule has 1 aromatic rings. The summed E-state index contributed by atoms with van der Waals surface area (Å²) >= 11 is 0. The first-order valence-electron chi connectivity index (χ1n) is 6.90. The third kappa shape index (κ3) is 5.71. The lowest BCUT2D eigenvalue weighted by atomic mass is 10.0. The molecule has 5 N–H and O–H groups in total. The number of aliphatic hydroxyl groups is 1. The van der Waals surface area contributed by atoms with Crippen molar-refractivity contribution in [3.8, 4) is 0 Å². The van der Waals surface area contributed by atoms with Crippen LogP contribution >= 0.6 is 0 Å². The first-order chi connectivity index (χ1) is 9.75. The number of rotatable bonds is 7. The van der Waals surface area contributed by atoms with E-state index < -0.39 is 5.60 Å². The molecule has 6 nitrogen and oxygen atoms in total. The molecule has 21 heavy (non-hydrogen) atoms. The minimum atomic E-state index is -0.773. The topological polar surface area (TPSA) is 94.1 Å². The van der Waals surface area contributed by atoms with E-state index in [-0.39, 0.29) is 5.84 Å². The van der Waals surface area contributed by atoms with Crippen molar-refractivity contribution in [3.63, 3.8) is 0 Å². The van der Waals surface area contributed by atoms with Crippen LogP contribution in [0.3, 0.4) is 0 Å². The van der Waals surface area contributed by atoms with E-state index in [0.29, 0.717) is 25.2 Å². The molecular formula is C15H26N4O2. The molecule has 1 rings (SSSR count). The van der Waals surface area contributed by atoms with Gasteiger partial charge >= 0.3 is 0 Å². The fraction of sp³-hybridized carbons (Fsp3) is 0.533. The first kappa shape index (κ1) is 17.4. The molecule has 0 amide bonds. The first-order valence-corrected chi connectivity index (χ1v) is 6.90. The molecule has 0 radical (unpaired) electrons. The van der Waals surface area contributed by atoms with Crippen molar-refractivity contribution < 1.29 is 10.3 Å². The molecule has 0 saturated heterocycles. The number of oxime groups is 1. The van der Waals surface area contributed by atoms with E-state index in [4.69, 9.17) is 10.9 Å². The van der Waals surface area contributed by atoms with Gasteiger partial charge in [-0.2, -0.15) is 0 Å². The zero-order chi connectivity index (χ0) is 16.0. The summed E-state index contributed by atoms with van der Waals surface area (Å²) in [6, 6.07) is 5.64. The zero-order valence-corrected chi connectivity index (χ0v) is 13.2. The monoisotopic (exact) mass is 294 g/mol. The van der Waals surface area contributed by atoms with E-state index in [0.717, 1.165) is 11.1 Å². The van der Waals surface area contributed by atoms with Crippen molar-refractivity contribution in [3.05, 3.63) is 34.9 Å². The van der Waals surface area contributed by atoms with Crippen molar-refractivity contribution in [2.45, 2.75) is 26.0 Å². The molecule has 0 aliphatic rings. The van der Waals surface area contributed by atoms with Crippen LogP contribution in [0, 0.1) is 6.92 Å². The molecule has 0 aromatic heterocycles. The third-order valence-electron chi connectivity index (χ3n) is 3.22. The van der Waals surface area contributed by atoms with Gasteiger partial charge in [0.2, 0.25) is 0 Å². The molecule has 0 aliphatic carbocycles. The Morgan fingerprint density at radius 1 is 1.43 bits per heavy atom. The quantitative estimate of drug-likeness (QED) is 0.254. The summed E-state index contributed by atoms with van der Waals surface area (Å²) in [4.78, 5) is 1.96. The second-order valence-electron chi connectivity index (χ2n) is 5.96. The third-order valence-corrected chi connectivity index (χ3v) is 3.22. The zero-order valence-electron chi connectivity index (χ0n) is 13.2. The lowest BCUT2D eigenvalue weighted by Crippen LogP contribution is -2.45. The van der Waals surface area contributed by atoms with Crippen molar-refractivity contribution in [2.75, 3.05) is 27.2 Å². The summed E-state index contributed by atoms with van der Waals surface area (Å²) in [6.07, 6.45) is 0. The van der Waals surface area contributed by atoms with Gasteiger partial charge in [-0.1, -0.05) is 17.3 Å². The van der Waals surface area contributed by atoms with Gasteiger partial charge in [0.25, 0.3) is 0 Å². The van der Waals surface area contributed by atoms with E-state index in [1.165, 1.54) is 0 Å². The van der Waals surface area contributed by atoms with Crippen LogP contribution < -0.4 is 11.1 Å². The van der Waals surface area contributed by atoms with Gasteiger partial charge in [-0.3, -0.25) is 0 Å². The van der Waals surface area contributed by atoms with Crippen LogP contribution in [0.4, 0.5) is 0 Å². The molecule has 0 spiro atoms. The maximum Gasteiger partial charge on any atom is 0.170 e. The number of hydrogen-bond acceptors (Lipinski definition) is 5. The Balaban J connectivity index is 2.61. The Hall–Kier alpha value is -1.63. The van der Waals surface area contributed by atoms with E-state index in [9.17, 15) is 5.11 Å². The highest BCUT2D eigenvalue weighted by Gasteiger charge is 2.20. The minimum Gasteiger partial charge on any atom is -0.409 e. The maximum atomic E-state index is 10.2. The molecule has 0 fully saturated rings. The van der Waals surface area contributed by atoms with Gasteiger partial charge in [-0.05, 0) is 45.1 Å². The highest BCUT2D eigenvalue weighted by Crippen LogP contribution is 2.11. The summed E-state index contributed by atoms with van der Waals surface area (Å²) < 4.78 is 0. The highest BCUT2D eigenvalue weighted by molar-refractivity contribution is 5.97. The minimum absolute atomic E-state index is 0.103. The molecule has 1 aromatic carbocycles. The Kier molecular flexibility index (Phi) is 6.14.